The van der Waals surface area contributed by atoms with E-state index in [1.807, 2.05) is 6.07 Å². The first kappa shape index (κ1) is 16.4. The largest absolute Gasteiger partial charge is 0.381 e. The summed E-state index contributed by atoms with van der Waals surface area (Å²) in [5.74, 6) is 2.35. The Labute approximate surface area is 143 Å². The average Bonchev–Trinajstić information content (AvgIpc) is 2.52. The molecule has 1 saturated carbocycles. The zero-order valence-electron chi connectivity index (χ0n) is 14.0. The summed E-state index contributed by atoms with van der Waals surface area (Å²) in [4.78, 5) is 0. The maximum atomic E-state index is 11.1. The molecule has 3 aliphatic rings. The molecule has 0 spiro atoms. The van der Waals surface area contributed by atoms with Gasteiger partial charge in [0.1, 0.15) is 5.75 Å². The maximum absolute atomic E-state index is 11.1. The van der Waals surface area contributed by atoms with Crippen LogP contribution in [0.2, 0.25) is 0 Å². The number of benzene rings is 1. The van der Waals surface area contributed by atoms with E-state index in [2.05, 4.69) is 13.0 Å². The fourth-order valence-electron chi connectivity index (χ4n) is 5.40. The van der Waals surface area contributed by atoms with Crippen molar-refractivity contribution < 1.29 is 17.3 Å². The average molecular weight is 351 g/mol. The van der Waals surface area contributed by atoms with Crippen molar-refractivity contribution in [3.8, 4) is 5.75 Å². The summed E-state index contributed by atoms with van der Waals surface area (Å²) >= 11 is 0. The van der Waals surface area contributed by atoms with Crippen LogP contribution >= 0.6 is 0 Å². The number of ether oxygens (including phenoxy) is 1. The highest BCUT2D eigenvalue weighted by atomic mass is 32.2. The number of hydrogen-bond donors (Lipinski definition) is 1. The Morgan fingerprint density at radius 1 is 1.29 bits per heavy atom. The SMILES string of the molecule is C[C@]12CC[C@@H]3c4ccc(OS(N)(=O)=O)cc4CC[C@H]3[C@@H]1CCOC2. The lowest BCUT2D eigenvalue weighted by atomic mass is 9.53. The molecule has 4 rings (SSSR count). The summed E-state index contributed by atoms with van der Waals surface area (Å²) in [5, 5.41) is 4.98. The molecule has 132 valence electrons. The molecule has 1 aromatic rings. The van der Waals surface area contributed by atoms with Gasteiger partial charge in [-0.1, -0.05) is 13.0 Å². The zero-order valence-corrected chi connectivity index (χ0v) is 14.8. The van der Waals surface area contributed by atoms with Crippen molar-refractivity contribution in [2.24, 2.45) is 22.4 Å². The predicted molar refractivity (Wildman–Crippen MR) is 91.0 cm³/mol. The molecule has 5 nitrogen and oxygen atoms in total. The molecule has 2 fully saturated rings. The summed E-state index contributed by atoms with van der Waals surface area (Å²) < 4.78 is 32.9. The minimum absolute atomic E-state index is 0.321. The summed E-state index contributed by atoms with van der Waals surface area (Å²) in [5.41, 5.74) is 2.92. The Kier molecular flexibility index (Phi) is 3.90. The number of aryl methyl sites for hydroxylation is 1. The Morgan fingerprint density at radius 2 is 2.12 bits per heavy atom. The number of nitrogens with two attached hydrogens (primary N) is 1. The first-order valence-electron chi connectivity index (χ1n) is 8.78. The van der Waals surface area contributed by atoms with Crippen molar-refractivity contribution in [1.29, 1.82) is 0 Å². The molecular weight excluding hydrogens is 326 g/mol. The van der Waals surface area contributed by atoms with Gasteiger partial charge in [-0.05, 0) is 78.5 Å². The molecule has 0 unspecified atom stereocenters. The Morgan fingerprint density at radius 3 is 2.92 bits per heavy atom. The molecule has 1 aliphatic heterocycles. The Bertz CT molecular complexity index is 747. The van der Waals surface area contributed by atoms with Crippen LogP contribution < -0.4 is 9.32 Å². The normalized spacial score (nSPS) is 35.5. The van der Waals surface area contributed by atoms with Gasteiger partial charge in [0.2, 0.25) is 0 Å². The van der Waals surface area contributed by atoms with Crippen LogP contribution in [0.3, 0.4) is 0 Å². The highest BCUT2D eigenvalue weighted by Crippen LogP contribution is 2.57. The van der Waals surface area contributed by atoms with Gasteiger partial charge in [-0.15, -0.1) is 0 Å². The molecule has 0 amide bonds. The molecule has 24 heavy (non-hydrogen) atoms. The first-order chi connectivity index (χ1) is 11.4. The van der Waals surface area contributed by atoms with Crippen LogP contribution in [0.25, 0.3) is 0 Å². The molecule has 0 aromatic heterocycles. The van der Waals surface area contributed by atoms with Crippen LogP contribution in [-0.4, -0.2) is 21.6 Å². The number of hydrogen-bond acceptors (Lipinski definition) is 4. The smallest absolute Gasteiger partial charge is 0.380 e. The van der Waals surface area contributed by atoms with Gasteiger partial charge in [0.05, 0.1) is 6.61 Å². The maximum Gasteiger partial charge on any atom is 0.380 e. The van der Waals surface area contributed by atoms with E-state index in [1.54, 1.807) is 6.07 Å². The fourth-order valence-corrected chi connectivity index (χ4v) is 5.77. The summed E-state index contributed by atoms with van der Waals surface area (Å²) in [7, 11) is -3.96. The van der Waals surface area contributed by atoms with Gasteiger partial charge < -0.3 is 8.92 Å². The lowest BCUT2D eigenvalue weighted by molar-refractivity contribution is -0.0951. The van der Waals surface area contributed by atoms with Crippen molar-refractivity contribution in [3.05, 3.63) is 29.3 Å². The van der Waals surface area contributed by atoms with Crippen LogP contribution in [0, 0.1) is 17.3 Å². The standard InChI is InChI=1S/C18H25NO4S/c1-18-8-6-15-14-5-3-13(23-24(19,20)21)10-12(14)2-4-16(15)17(18)7-9-22-11-18/h3,5,10,15-17H,2,4,6-9,11H2,1H3,(H2,19,20,21)/t15-,16-,17+,18-/m1/s1. The van der Waals surface area contributed by atoms with E-state index >= 15 is 0 Å². The van der Waals surface area contributed by atoms with Gasteiger partial charge in [0, 0.05) is 6.61 Å². The summed E-state index contributed by atoms with van der Waals surface area (Å²) in [6.07, 6.45) is 5.69. The van der Waals surface area contributed by atoms with E-state index in [1.165, 1.54) is 30.4 Å². The van der Waals surface area contributed by atoms with Gasteiger partial charge in [-0.3, -0.25) is 0 Å². The van der Waals surface area contributed by atoms with E-state index in [0.29, 0.717) is 23.0 Å². The monoisotopic (exact) mass is 351 g/mol. The lowest BCUT2D eigenvalue weighted by Gasteiger charge is -2.54. The van der Waals surface area contributed by atoms with Crippen LogP contribution in [0.4, 0.5) is 0 Å². The summed E-state index contributed by atoms with van der Waals surface area (Å²) in [6.45, 7) is 4.18. The summed E-state index contributed by atoms with van der Waals surface area (Å²) in [6, 6.07) is 5.64. The van der Waals surface area contributed by atoms with Crippen LogP contribution in [0.15, 0.2) is 18.2 Å². The lowest BCUT2D eigenvalue weighted by Crippen LogP contribution is -2.48. The van der Waals surface area contributed by atoms with Crippen LogP contribution in [0.1, 0.15) is 49.7 Å². The predicted octanol–water partition coefficient (Wildman–Crippen LogP) is 2.75. The molecule has 0 radical (unpaired) electrons. The van der Waals surface area contributed by atoms with Gasteiger partial charge in [0.15, 0.2) is 0 Å². The quantitative estimate of drug-likeness (QED) is 0.888. The van der Waals surface area contributed by atoms with Gasteiger partial charge >= 0.3 is 10.3 Å². The second-order valence-electron chi connectivity index (χ2n) is 7.89. The Hall–Kier alpha value is -1.11. The third-order valence-corrected chi connectivity index (χ3v) is 6.86. The molecule has 6 heteroatoms. The molecule has 1 aromatic carbocycles. The molecule has 4 atom stereocenters. The van der Waals surface area contributed by atoms with Gasteiger partial charge in [-0.2, -0.15) is 13.6 Å². The molecule has 2 N–H and O–H groups in total. The van der Waals surface area contributed by atoms with Crippen molar-refractivity contribution in [1.82, 2.24) is 0 Å². The molecule has 0 bridgehead atoms. The molecule has 1 heterocycles. The number of fused-ring (bicyclic) bond motifs is 5. The highest BCUT2D eigenvalue weighted by molar-refractivity contribution is 7.84. The second kappa shape index (κ2) is 5.71. The molecule has 1 saturated heterocycles. The number of rotatable bonds is 2. The highest BCUT2D eigenvalue weighted by Gasteiger charge is 2.49. The van der Waals surface area contributed by atoms with Crippen LogP contribution in [-0.2, 0) is 21.5 Å². The molecule has 2 aliphatic carbocycles. The van der Waals surface area contributed by atoms with Crippen molar-refractivity contribution in [2.75, 3.05) is 13.2 Å². The van der Waals surface area contributed by atoms with E-state index < -0.39 is 10.3 Å². The van der Waals surface area contributed by atoms with Crippen molar-refractivity contribution in [2.45, 2.75) is 44.9 Å². The van der Waals surface area contributed by atoms with Gasteiger partial charge in [-0.25, -0.2) is 0 Å². The fraction of sp³-hybridized carbons (Fsp3) is 0.667. The minimum Gasteiger partial charge on any atom is -0.381 e. The van der Waals surface area contributed by atoms with E-state index in [9.17, 15) is 8.42 Å². The third kappa shape index (κ3) is 2.85. The first-order valence-corrected chi connectivity index (χ1v) is 10.3. The third-order valence-electron chi connectivity index (χ3n) is 6.43. The van der Waals surface area contributed by atoms with E-state index in [4.69, 9.17) is 14.1 Å². The van der Waals surface area contributed by atoms with Crippen LogP contribution in [0.5, 0.6) is 5.75 Å². The van der Waals surface area contributed by atoms with E-state index in [0.717, 1.165) is 32.0 Å². The van der Waals surface area contributed by atoms with E-state index in [-0.39, 0.29) is 0 Å². The topological polar surface area (TPSA) is 78.6 Å². The zero-order chi connectivity index (χ0) is 16.9. The Balaban J connectivity index is 1.63. The van der Waals surface area contributed by atoms with Crippen molar-refractivity contribution in [3.63, 3.8) is 0 Å². The minimum atomic E-state index is -3.96. The van der Waals surface area contributed by atoms with Gasteiger partial charge in [0.25, 0.3) is 0 Å². The molecular formula is C18H25NO4S. The van der Waals surface area contributed by atoms with Crippen molar-refractivity contribution >= 4 is 10.3 Å². The second-order valence-corrected chi connectivity index (χ2v) is 9.04.